The van der Waals surface area contributed by atoms with E-state index in [0.29, 0.717) is 5.69 Å². The van der Waals surface area contributed by atoms with Crippen LogP contribution in [0.3, 0.4) is 0 Å². The third kappa shape index (κ3) is 6.31. The van der Waals surface area contributed by atoms with Gasteiger partial charge in [0.25, 0.3) is 0 Å². The van der Waals surface area contributed by atoms with Gasteiger partial charge in [0.1, 0.15) is 11.4 Å². The van der Waals surface area contributed by atoms with Crippen LogP contribution in [0.4, 0.5) is 0 Å². The molecule has 4 nitrogen and oxygen atoms in total. The van der Waals surface area contributed by atoms with Crippen molar-refractivity contribution in [3.63, 3.8) is 0 Å². The van der Waals surface area contributed by atoms with E-state index in [9.17, 15) is 5.11 Å². The number of hydrogen-bond acceptors (Lipinski definition) is 3. The summed E-state index contributed by atoms with van der Waals surface area (Å²) in [6, 6.07) is 43.0. The standard InChI is InChI=1S/C45H44N3O.Pt/c1-43(2,3)32-23-24-37-33(27-32)34-28-35(44(4,5)6)41(47-42(34)48(37)38-21-15-16-22-39(38)49)36-25-30(29-17-11-9-12-18-29)26-40(46-36)45(7,8)31-19-13-10-14-20-31;/h9-19,21-28,49H,1-8H3;/q-1;. The summed E-state index contributed by atoms with van der Waals surface area (Å²) in [4.78, 5) is 11.0. The first-order valence-electron chi connectivity index (χ1n) is 17.1. The molecule has 0 bridgehead atoms. The van der Waals surface area contributed by atoms with Crippen molar-refractivity contribution in [3.8, 4) is 34.0 Å². The quantitative estimate of drug-likeness (QED) is 0.176. The molecule has 0 radical (unpaired) electrons. The predicted molar refractivity (Wildman–Crippen MR) is 204 cm³/mol. The fourth-order valence-corrected chi connectivity index (χ4v) is 6.75. The van der Waals surface area contributed by atoms with Crippen LogP contribution in [-0.2, 0) is 37.3 Å². The molecular weight excluding hydrogens is 794 g/mol. The molecule has 0 unspecified atom stereocenters. The van der Waals surface area contributed by atoms with Crippen molar-refractivity contribution in [3.05, 3.63) is 144 Å². The number of rotatable bonds is 5. The van der Waals surface area contributed by atoms with E-state index < -0.39 is 5.41 Å². The van der Waals surface area contributed by atoms with Gasteiger partial charge in [-0.2, -0.15) is 35.9 Å². The molecule has 5 heteroatoms. The Morgan fingerprint density at radius 3 is 2.00 bits per heavy atom. The van der Waals surface area contributed by atoms with Crippen LogP contribution >= 0.6 is 0 Å². The zero-order valence-corrected chi connectivity index (χ0v) is 32.3. The molecular formula is C45H44N3OPt-. The van der Waals surface area contributed by atoms with Crippen molar-refractivity contribution in [2.45, 2.75) is 71.6 Å². The van der Waals surface area contributed by atoms with Crippen LogP contribution in [0.2, 0.25) is 0 Å². The zero-order chi connectivity index (χ0) is 34.7. The number of fused-ring (bicyclic) bond motifs is 3. The molecule has 0 aliphatic heterocycles. The number of para-hydroxylation sites is 2. The normalized spacial score (nSPS) is 12.3. The Labute approximate surface area is 310 Å². The second kappa shape index (κ2) is 13.0. The molecule has 0 aliphatic rings. The maximum atomic E-state index is 11.2. The number of nitrogens with zero attached hydrogens (tertiary/aromatic N) is 3. The molecule has 0 aliphatic carbocycles. The Morgan fingerprint density at radius 1 is 0.640 bits per heavy atom. The topological polar surface area (TPSA) is 50.9 Å². The van der Waals surface area contributed by atoms with Gasteiger partial charge in [0, 0.05) is 42.9 Å². The molecule has 0 saturated carbocycles. The number of hydrogen-bond donors (Lipinski definition) is 1. The van der Waals surface area contributed by atoms with Gasteiger partial charge in [0.15, 0.2) is 0 Å². The van der Waals surface area contributed by atoms with E-state index >= 15 is 0 Å². The summed E-state index contributed by atoms with van der Waals surface area (Å²) in [5, 5.41) is 13.4. The molecule has 0 spiro atoms. The van der Waals surface area contributed by atoms with Gasteiger partial charge >= 0.3 is 0 Å². The maximum Gasteiger partial charge on any atom is 0.146 e. The Morgan fingerprint density at radius 2 is 1.34 bits per heavy atom. The molecule has 0 fully saturated rings. The first-order valence-corrected chi connectivity index (χ1v) is 17.1. The molecule has 0 amide bonds. The summed E-state index contributed by atoms with van der Waals surface area (Å²) in [6.45, 7) is 17.9. The number of phenols is 1. The summed E-state index contributed by atoms with van der Waals surface area (Å²) in [7, 11) is 0. The minimum Gasteiger partial charge on any atom is -0.506 e. The molecule has 3 aromatic heterocycles. The summed E-state index contributed by atoms with van der Waals surface area (Å²) in [6.07, 6.45) is 0. The Bertz CT molecular complexity index is 2330. The molecule has 3 heterocycles. The number of pyridine rings is 2. The van der Waals surface area contributed by atoms with Gasteiger partial charge in [-0.05, 0) is 75.5 Å². The molecule has 7 aromatic rings. The first-order chi connectivity index (χ1) is 23.2. The van der Waals surface area contributed by atoms with Crippen molar-refractivity contribution in [1.82, 2.24) is 14.5 Å². The largest absolute Gasteiger partial charge is 0.506 e. The van der Waals surface area contributed by atoms with E-state index in [4.69, 9.17) is 9.97 Å². The Kier molecular flexibility index (Phi) is 9.16. The average Bonchev–Trinajstić information content (AvgIpc) is 3.40. The van der Waals surface area contributed by atoms with Gasteiger partial charge in [-0.25, -0.2) is 4.98 Å². The predicted octanol–water partition coefficient (Wildman–Crippen LogP) is 11.3. The first kappa shape index (κ1) is 35.3. The summed E-state index contributed by atoms with van der Waals surface area (Å²) < 4.78 is 2.10. The zero-order valence-electron chi connectivity index (χ0n) is 30.1. The second-order valence-corrected chi connectivity index (χ2v) is 15.7. The van der Waals surface area contributed by atoms with E-state index in [-0.39, 0.29) is 37.6 Å². The maximum absolute atomic E-state index is 11.2. The van der Waals surface area contributed by atoms with Gasteiger partial charge in [0.05, 0.1) is 22.6 Å². The second-order valence-electron chi connectivity index (χ2n) is 15.7. The molecule has 1 N–H and O–H groups in total. The summed E-state index contributed by atoms with van der Waals surface area (Å²) in [5.74, 6) is 0.205. The van der Waals surface area contributed by atoms with Gasteiger partial charge in [-0.1, -0.05) is 104 Å². The van der Waals surface area contributed by atoms with Crippen LogP contribution in [0.25, 0.3) is 50.1 Å². The molecule has 0 saturated heterocycles. The monoisotopic (exact) mass is 837 g/mol. The van der Waals surface area contributed by atoms with Crippen molar-refractivity contribution in [2.24, 2.45) is 0 Å². The van der Waals surface area contributed by atoms with Gasteiger partial charge < -0.3 is 5.11 Å². The van der Waals surface area contributed by atoms with Crippen molar-refractivity contribution >= 4 is 21.9 Å². The van der Waals surface area contributed by atoms with Crippen LogP contribution < -0.4 is 0 Å². The van der Waals surface area contributed by atoms with Crippen LogP contribution in [-0.4, -0.2) is 19.6 Å². The minimum absolute atomic E-state index is 0. The molecule has 7 rings (SSSR count). The minimum atomic E-state index is -0.416. The van der Waals surface area contributed by atoms with Gasteiger partial charge in [-0.3, -0.25) is 9.55 Å². The molecule has 0 atom stereocenters. The van der Waals surface area contributed by atoms with Crippen LogP contribution in [0.1, 0.15) is 77.8 Å². The summed E-state index contributed by atoms with van der Waals surface area (Å²) >= 11 is 0. The van der Waals surface area contributed by atoms with Gasteiger partial charge in [0.2, 0.25) is 0 Å². The van der Waals surface area contributed by atoms with Crippen LogP contribution in [0, 0.1) is 6.07 Å². The fraction of sp³-hybridized carbons (Fsp3) is 0.244. The van der Waals surface area contributed by atoms with Crippen molar-refractivity contribution < 1.29 is 26.2 Å². The van der Waals surface area contributed by atoms with Crippen LogP contribution in [0.15, 0.2) is 115 Å². The molecule has 256 valence electrons. The summed E-state index contributed by atoms with van der Waals surface area (Å²) in [5.41, 5.74) is 10.0. The van der Waals surface area contributed by atoms with Crippen LogP contribution in [0.5, 0.6) is 5.75 Å². The van der Waals surface area contributed by atoms with E-state index in [1.807, 2.05) is 36.4 Å². The Hall–Kier alpha value is -4.53. The third-order valence-corrected chi connectivity index (χ3v) is 9.74. The van der Waals surface area contributed by atoms with Gasteiger partial charge in [-0.15, -0.1) is 0 Å². The molecule has 50 heavy (non-hydrogen) atoms. The van der Waals surface area contributed by atoms with Crippen molar-refractivity contribution in [1.29, 1.82) is 0 Å². The molecule has 4 aromatic carbocycles. The smallest absolute Gasteiger partial charge is 0.146 e. The van der Waals surface area contributed by atoms with E-state index in [0.717, 1.165) is 61.3 Å². The third-order valence-electron chi connectivity index (χ3n) is 9.74. The number of benzene rings is 4. The number of phenolic OH excluding ortho intramolecular Hbond substituents is 1. The van der Waals surface area contributed by atoms with E-state index in [2.05, 4.69) is 139 Å². The van der Waals surface area contributed by atoms with Crippen molar-refractivity contribution in [2.75, 3.05) is 0 Å². The average molecular weight is 838 g/mol. The van der Waals surface area contributed by atoms with E-state index in [1.165, 1.54) is 5.56 Å². The fourth-order valence-electron chi connectivity index (χ4n) is 6.75. The number of aromatic hydroxyl groups is 1. The SMILES string of the molecule is CC(C)(C)c1ccc2c(c1)c1cc(C(C)(C)C)c(-c3cc(-c4ccccc4)cc(C(C)(C)c4[c-]cccc4)n3)nc1n2-c1ccccc1O.[Pt]. The number of aromatic nitrogens is 3. The van der Waals surface area contributed by atoms with E-state index in [1.54, 1.807) is 6.07 Å². The Balaban J connectivity index is 0.00000432.